The van der Waals surface area contributed by atoms with Crippen LogP contribution in [0.4, 0.5) is 5.95 Å². The highest BCUT2D eigenvalue weighted by molar-refractivity contribution is 5.81. The third-order valence-corrected chi connectivity index (χ3v) is 5.49. The van der Waals surface area contributed by atoms with Crippen LogP contribution < -0.4 is 10.9 Å². The number of benzene rings is 2. The maximum atomic E-state index is 13.5. The molecule has 156 valence electrons. The SMILES string of the molecule is Cc1cccc(-c2c(-c3ccncc3)nc(NCC(C)c3ccccc3)n(C)c2=O)c1. The second-order valence-electron chi connectivity index (χ2n) is 7.82. The molecular weight excluding hydrogens is 384 g/mol. The van der Waals surface area contributed by atoms with Crippen LogP contribution in [-0.2, 0) is 7.05 Å². The topological polar surface area (TPSA) is 59.8 Å². The number of hydrogen-bond donors (Lipinski definition) is 1. The van der Waals surface area contributed by atoms with E-state index in [0.717, 1.165) is 16.7 Å². The summed E-state index contributed by atoms with van der Waals surface area (Å²) in [6, 6.07) is 22.1. The predicted molar refractivity (Wildman–Crippen MR) is 126 cm³/mol. The van der Waals surface area contributed by atoms with Crippen LogP contribution in [0.5, 0.6) is 0 Å². The Morgan fingerprint density at radius 2 is 1.71 bits per heavy atom. The summed E-state index contributed by atoms with van der Waals surface area (Å²) in [5.74, 6) is 0.829. The van der Waals surface area contributed by atoms with Gasteiger partial charge in [-0.1, -0.05) is 67.1 Å². The van der Waals surface area contributed by atoms with Crippen molar-refractivity contribution in [3.63, 3.8) is 0 Å². The van der Waals surface area contributed by atoms with Crippen LogP contribution in [0.15, 0.2) is 83.9 Å². The zero-order valence-corrected chi connectivity index (χ0v) is 18.0. The molecule has 0 bridgehead atoms. The van der Waals surface area contributed by atoms with E-state index < -0.39 is 0 Å². The van der Waals surface area contributed by atoms with Crippen LogP contribution in [0.2, 0.25) is 0 Å². The Bertz CT molecular complexity index is 1230. The molecule has 5 heteroatoms. The molecule has 0 amide bonds. The number of nitrogens with one attached hydrogen (secondary N) is 1. The van der Waals surface area contributed by atoms with Crippen LogP contribution in [0.1, 0.15) is 24.0 Å². The first-order valence-electron chi connectivity index (χ1n) is 10.4. The first-order valence-corrected chi connectivity index (χ1v) is 10.4. The van der Waals surface area contributed by atoms with Crippen molar-refractivity contribution in [1.82, 2.24) is 14.5 Å². The van der Waals surface area contributed by atoms with Gasteiger partial charge in [0.1, 0.15) is 0 Å². The molecule has 4 rings (SSSR count). The molecule has 2 heterocycles. The summed E-state index contributed by atoms with van der Waals surface area (Å²) in [6.07, 6.45) is 3.44. The van der Waals surface area contributed by atoms with Crippen molar-refractivity contribution in [3.8, 4) is 22.4 Å². The van der Waals surface area contributed by atoms with Crippen molar-refractivity contribution in [2.24, 2.45) is 7.05 Å². The lowest BCUT2D eigenvalue weighted by atomic mass is 9.99. The van der Waals surface area contributed by atoms with Crippen molar-refractivity contribution in [2.45, 2.75) is 19.8 Å². The largest absolute Gasteiger partial charge is 0.355 e. The van der Waals surface area contributed by atoms with Gasteiger partial charge in [-0.05, 0) is 36.1 Å². The molecule has 1 atom stereocenters. The molecule has 2 aromatic heterocycles. The van der Waals surface area contributed by atoms with Gasteiger partial charge in [-0.2, -0.15) is 0 Å². The van der Waals surface area contributed by atoms with Crippen molar-refractivity contribution in [3.05, 3.63) is 101 Å². The average Bonchev–Trinajstić information content (AvgIpc) is 2.80. The summed E-state index contributed by atoms with van der Waals surface area (Å²) in [4.78, 5) is 22.5. The van der Waals surface area contributed by atoms with Gasteiger partial charge in [-0.3, -0.25) is 14.3 Å². The smallest absolute Gasteiger partial charge is 0.263 e. The molecule has 0 spiro atoms. The minimum Gasteiger partial charge on any atom is -0.355 e. The fraction of sp³-hybridized carbons (Fsp3) is 0.192. The molecule has 1 unspecified atom stereocenters. The number of pyridine rings is 1. The first-order chi connectivity index (χ1) is 15.0. The molecule has 0 radical (unpaired) electrons. The zero-order chi connectivity index (χ0) is 21.8. The maximum absolute atomic E-state index is 13.5. The van der Waals surface area contributed by atoms with E-state index in [1.165, 1.54) is 5.56 Å². The summed E-state index contributed by atoms with van der Waals surface area (Å²) in [5, 5.41) is 3.39. The average molecular weight is 411 g/mol. The van der Waals surface area contributed by atoms with Gasteiger partial charge in [0.15, 0.2) is 0 Å². The zero-order valence-electron chi connectivity index (χ0n) is 18.0. The van der Waals surface area contributed by atoms with E-state index >= 15 is 0 Å². The lowest BCUT2D eigenvalue weighted by molar-refractivity contribution is 0.767. The highest BCUT2D eigenvalue weighted by Gasteiger charge is 2.18. The standard InChI is InChI=1S/C26H26N4O/c1-18-8-7-11-22(16-18)23-24(21-12-14-27-15-13-21)29-26(30(3)25(23)31)28-17-19(2)20-9-5-4-6-10-20/h4-16,19H,17H2,1-3H3,(H,28,29). The summed E-state index contributed by atoms with van der Waals surface area (Å²) >= 11 is 0. The van der Waals surface area contributed by atoms with E-state index in [0.29, 0.717) is 23.8 Å². The number of nitrogens with zero attached hydrogens (tertiary/aromatic N) is 3. The Morgan fingerprint density at radius 1 is 0.968 bits per heavy atom. The summed E-state index contributed by atoms with van der Waals surface area (Å²) in [7, 11) is 1.76. The van der Waals surface area contributed by atoms with Gasteiger partial charge < -0.3 is 5.32 Å². The van der Waals surface area contributed by atoms with Gasteiger partial charge in [0.25, 0.3) is 5.56 Å². The lowest BCUT2D eigenvalue weighted by Gasteiger charge is -2.18. The van der Waals surface area contributed by atoms with E-state index in [1.54, 1.807) is 24.0 Å². The maximum Gasteiger partial charge on any atom is 0.263 e. The molecule has 1 N–H and O–H groups in total. The van der Waals surface area contributed by atoms with Gasteiger partial charge in [-0.25, -0.2) is 4.98 Å². The molecule has 5 nitrogen and oxygen atoms in total. The number of hydrogen-bond acceptors (Lipinski definition) is 4. The monoisotopic (exact) mass is 410 g/mol. The second-order valence-corrected chi connectivity index (χ2v) is 7.82. The van der Waals surface area contributed by atoms with E-state index in [4.69, 9.17) is 4.98 Å². The van der Waals surface area contributed by atoms with Crippen LogP contribution in [0, 0.1) is 6.92 Å². The Labute approximate surface area is 182 Å². The molecule has 0 fully saturated rings. The highest BCUT2D eigenvalue weighted by atomic mass is 16.1. The molecule has 2 aromatic carbocycles. The van der Waals surface area contributed by atoms with Gasteiger partial charge in [0.05, 0.1) is 11.3 Å². The van der Waals surface area contributed by atoms with Crippen molar-refractivity contribution >= 4 is 5.95 Å². The number of aryl methyl sites for hydroxylation is 1. The van der Waals surface area contributed by atoms with E-state index in [2.05, 4.69) is 29.4 Å². The molecule has 0 aliphatic carbocycles. The van der Waals surface area contributed by atoms with Gasteiger partial charge in [0, 0.05) is 31.5 Å². The fourth-order valence-electron chi connectivity index (χ4n) is 3.68. The van der Waals surface area contributed by atoms with Crippen LogP contribution in [0.25, 0.3) is 22.4 Å². The summed E-state index contributed by atoms with van der Waals surface area (Å²) in [6.45, 7) is 4.85. The normalized spacial score (nSPS) is 11.8. The third kappa shape index (κ3) is 4.40. The molecule has 0 aliphatic rings. The Kier molecular flexibility index (Phi) is 5.94. The van der Waals surface area contributed by atoms with Crippen LogP contribution in [0.3, 0.4) is 0 Å². The minimum absolute atomic E-state index is 0.0812. The first kappa shape index (κ1) is 20.5. The lowest BCUT2D eigenvalue weighted by Crippen LogP contribution is -2.26. The number of rotatable bonds is 6. The van der Waals surface area contributed by atoms with Gasteiger partial charge >= 0.3 is 0 Å². The number of anilines is 1. The fourth-order valence-corrected chi connectivity index (χ4v) is 3.68. The molecule has 0 saturated carbocycles. The summed E-state index contributed by atoms with van der Waals surface area (Å²) < 4.78 is 1.60. The van der Waals surface area contributed by atoms with Crippen LogP contribution >= 0.6 is 0 Å². The predicted octanol–water partition coefficient (Wildman–Crippen LogP) is 5.03. The Hall–Kier alpha value is -3.73. The molecule has 0 saturated heterocycles. The third-order valence-electron chi connectivity index (χ3n) is 5.49. The van der Waals surface area contributed by atoms with Crippen molar-refractivity contribution in [1.29, 1.82) is 0 Å². The minimum atomic E-state index is -0.0812. The second kappa shape index (κ2) is 8.96. The van der Waals surface area contributed by atoms with Crippen molar-refractivity contribution in [2.75, 3.05) is 11.9 Å². The van der Waals surface area contributed by atoms with E-state index in [-0.39, 0.29) is 11.5 Å². The molecule has 31 heavy (non-hydrogen) atoms. The molecule has 0 aliphatic heterocycles. The Balaban J connectivity index is 1.78. The van der Waals surface area contributed by atoms with Crippen molar-refractivity contribution < 1.29 is 0 Å². The van der Waals surface area contributed by atoms with Gasteiger partial charge in [0.2, 0.25) is 5.95 Å². The highest BCUT2D eigenvalue weighted by Crippen LogP contribution is 2.29. The Morgan fingerprint density at radius 3 is 2.42 bits per heavy atom. The van der Waals surface area contributed by atoms with E-state index in [1.807, 2.05) is 61.5 Å². The van der Waals surface area contributed by atoms with E-state index in [9.17, 15) is 4.79 Å². The number of aromatic nitrogens is 3. The van der Waals surface area contributed by atoms with Gasteiger partial charge in [-0.15, -0.1) is 0 Å². The quantitative estimate of drug-likeness (QED) is 0.484. The van der Waals surface area contributed by atoms with Crippen LogP contribution in [-0.4, -0.2) is 21.1 Å². The summed E-state index contributed by atoms with van der Waals surface area (Å²) in [5.41, 5.74) is 5.24. The molecular formula is C26H26N4O. The molecule has 4 aromatic rings.